The van der Waals surface area contributed by atoms with Crippen LogP contribution in [0.2, 0.25) is 5.02 Å². The first-order valence-electron chi connectivity index (χ1n) is 9.97. The van der Waals surface area contributed by atoms with E-state index in [1.165, 1.54) is 18.2 Å². The Kier molecular flexibility index (Phi) is 6.59. The Labute approximate surface area is 185 Å². The lowest BCUT2D eigenvalue weighted by molar-refractivity contribution is -0.113. The van der Waals surface area contributed by atoms with Crippen molar-refractivity contribution in [3.8, 4) is 11.5 Å². The van der Waals surface area contributed by atoms with Gasteiger partial charge in [0, 0.05) is 23.7 Å². The summed E-state index contributed by atoms with van der Waals surface area (Å²) >= 11 is 7.39. The molecule has 0 saturated carbocycles. The Bertz CT molecular complexity index is 1030. The van der Waals surface area contributed by atoms with E-state index in [0.29, 0.717) is 16.1 Å². The number of rotatable bonds is 6. The van der Waals surface area contributed by atoms with Crippen molar-refractivity contribution in [3.63, 3.8) is 0 Å². The number of nitrogens with one attached hydrogen (secondary N) is 1. The molecule has 0 atom stereocenters. The smallest absolute Gasteiger partial charge is 0.277 e. The summed E-state index contributed by atoms with van der Waals surface area (Å²) in [6.45, 7) is 3.97. The number of carbonyl (C=O) groups excluding carboxylic acids is 1. The lowest BCUT2D eigenvalue weighted by Crippen LogP contribution is -2.30. The molecule has 0 bridgehead atoms. The Morgan fingerprint density at radius 1 is 1.17 bits per heavy atom. The molecule has 6 nitrogen and oxygen atoms in total. The standard InChI is InChI=1S/C22H23ClN4O2S/c1-15-7-3-4-8-17(15)21-25-26-22(29-21)30-14-20(28)24-18-13-16(23)9-10-19(18)27-11-5-2-6-12-27/h3-4,7-10,13H,2,5-6,11-12,14H2,1H3,(H,24,28). The molecular weight excluding hydrogens is 420 g/mol. The lowest BCUT2D eigenvalue weighted by atomic mass is 10.1. The highest BCUT2D eigenvalue weighted by Gasteiger charge is 2.17. The molecule has 2 aromatic carbocycles. The zero-order valence-corrected chi connectivity index (χ0v) is 18.3. The minimum absolute atomic E-state index is 0.142. The van der Waals surface area contributed by atoms with Crippen LogP contribution in [-0.2, 0) is 4.79 Å². The number of aryl methyl sites for hydroxylation is 1. The number of nitrogens with zero attached hydrogens (tertiary/aromatic N) is 3. The number of piperidine rings is 1. The summed E-state index contributed by atoms with van der Waals surface area (Å²) < 4.78 is 5.72. The van der Waals surface area contributed by atoms with Crippen molar-refractivity contribution in [1.29, 1.82) is 0 Å². The normalized spacial score (nSPS) is 14.0. The number of amides is 1. The van der Waals surface area contributed by atoms with Gasteiger partial charge >= 0.3 is 0 Å². The number of aromatic nitrogens is 2. The van der Waals surface area contributed by atoms with Crippen LogP contribution in [0.25, 0.3) is 11.5 Å². The molecule has 156 valence electrons. The van der Waals surface area contributed by atoms with Crippen LogP contribution in [0.15, 0.2) is 52.1 Å². The highest BCUT2D eigenvalue weighted by Crippen LogP contribution is 2.32. The number of hydrogen-bond acceptors (Lipinski definition) is 6. The first kappa shape index (κ1) is 20.8. The Morgan fingerprint density at radius 2 is 1.97 bits per heavy atom. The molecule has 4 rings (SSSR count). The van der Waals surface area contributed by atoms with E-state index in [9.17, 15) is 4.79 Å². The van der Waals surface area contributed by atoms with Gasteiger partial charge in [-0.25, -0.2) is 0 Å². The molecule has 1 amide bonds. The second-order valence-corrected chi connectivity index (χ2v) is 8.60. The summed E-state index contributed by atoms with van der Waals surface area (Å²) in [5.41, 5.74) is 3.70. The van der Waals surface area contributed by atoms with E-state index in [1.54, 1.807) is 6.07 Å². The van der Waals surface area contributed by atoms with Gasteiger partial charge in [0.05, 0.1) is 17.1 Å². The van der Waals surface area contributed by atoms with Crippen molar-refractivity contribution >= 4 is 40.6 Å². The van der Waals surface area contributed by atoms with Crippen LogP contribution in [-0.4, -0.2) is 34.9 Å². The van der Waals surface area contributed by atoms with Crippen LogP contribution in [0.4, 0.5) is 11.4 Å². The number of halogens is 1. The molecule has 0 radical (unpaired) electrons. The molecule has 0 unspecified atom stereocenters. The van der Waals surface area contributed by atoms with Crippen molar-refractivity contribution in [2.24, 2.45) is 0 Å². The van der Waals surface area contributed by atoms with Crippen LogP contribution in [0.1, 0.15) is 24.8 Å². The van der Waals surface area contributed by atoms with Gasteiger partial charge in [-0.15, -0.1) is 10.2 Å². The second-order valence-electron chi connectivity index (χ2n) is 7.23. The maximum Gasteiger partial charge on any atom is 0.277 e. The van der Waals surface area contributed by atoms with Crippen molar-refractivity contribution < 1.29 is 9.21 Å². The summed E-state index contributed by atoms with van der Waals surface area (Å²) in [6.07, 6.45) is 3.57. The first-order valence-corrected chi connectivity index (χ1v) is 11.3. The quantitative estimate of drug-likeness (QED) is 0.514. The fraction of sp³-hybridized carbons (Fsp3) is 0.318. The molecule has 1 aromatic heterocycles. The summed E-state index contributed by atoms with van der Waals surface area (Å²) in [4.78, 5) is 14.9. The monoisotopic (exact) mass is 442 g/mol. The third-order valence-electron chi connectivity index (χ3n) is 5.04. The molecule has 1 aliphatic rings. The van der Waals surface area contributed by atoms with Crippen molar-refractivity contribution in [1.82, 2.24) is 10.2 Å². The molecular formula is C22H23ClN4O2S. The van der Waals surface area contributed by atoms with E-state index < -0.39 is 0 Å². The van der Waals surface area contributed by atoms with Gasteiger partial charge < -0.3 is 14.6 Å². The zero-order valence-electron chi connectivity index (χ0n) is 16.7. The third-order valence-corrected chi connectivity index (χ3v) is 6.09. The van der Waals surface area contributed by atoms with E-state index in [4.69, 9.17) is 16.0 Å². The lowest BCUT2D eigenvalue weighted by Gasteiger charge is -2.30. The molecule has 2 heterocycles. The van der Waals surface area contributed by atoms with E-state index in [2.05, 4.69) is 20.4 Å². The molecule has 1 fully saturated rings. The molecule has 1 saturated heterocycles. The number of carbonyl (C=O) groups is 1. The fourth-order valence-electron chi connectivity index (χ4n) is 3.52. The van der Waals surface area contributed by atoms with E-state index in [-0.39, 0.29) is 11.7 Å². The second kappa shape index (κ2) is 9.53. The molecule has 1 aliphatic heterocycles. The van der Waals surface area contributed by atoms with Crippen LogP contribution in [0, 0.1) is 6.92 Å². The highest BCUT2D eigenvalue weighted by atomic mass is 35.5. The van der Waals surface area contributed by atoms with Gasteiger partial charge in [0.2, 0.25) is 11.8 Å². The largest absolute Gasteiger partial charge is 0.411 e. The van der Waals surface area contributed by atoms with Gasteiger partial charge in [0.25, 0.3) is 5.22 Å². The third kappa shape index (κ3) is 4.96. The highest BCUT2D eigenvalue weighted by molar-refractivity contribution is 7.99. The molecule has 3 aromatic rings. The van der Waals surface area contributed by atoms with Gasteiger partial charge in [-0.2, -0.15) is 0 Å². The van der Waals surface area contributed by atoms with Crippen LogP contribution in [0.5, 0.6) is 0 Å². The van der Waals surface area contributed by atoms with E-state index >= 15 is 0 Å². The van der Waals surface area contributed by atoms with E-state index in [0.717, 1.165) is 48.4 Å². The maximum atomic E-state index is 12.6. The molecule has 1 N–H and O–H groups in total. The van der Waals surface area contributed by atoms with Crippen molar-refractivity contribution in [2.75, 3.05) is 29.1 Å². The summed E-state index contributed by atoms with van der Waals surface area (Å²) in [5.74, 6) is 0.482. The van der Waals surface area contributed by atoms with Crippen LogP contribution in [0.3, 0.4) is 0 Å². The van der Waals surface area contributed by atoms with Gasteiger partial charge in [-0.1, -0.05) is 41.6 Å². The predicted molar refractivity (Wildman–Crippen MR) is 121 cm³/mol. The molecule has 8 heteroatoms. The molecule has 30 heavy (non-hydrogen) atoms. The Balaban J connectivity index is 1.40. The van der Waals surface area contributed by atoms with Gasteiger partial charge in [0.1, 0.15) is 0 Å². The summed E-state index contributed by atoms with van der Waals surface area (Å²) in [7, 11) is 0. The van der Waals surface area contributed by atoms with Gasteiger partial charge in [-0.05, 0) is 56.0 Å². The molecule has 0 aliphatic carbocycles. The Hall–Kier alpha value is -2.51. The summed E-state index contributed by atoms with van der Waals surface area (Å²) in [6, 6.07) is 13.5. The predicted octanol–water partition coefficient (Wildman–Crippen LogP) is 5.42. The number of thioether (sulfide) groups is 1. The van der Waals surface area contributed by atoms with Crippen molar-refractivity contribution in [2.45, 2.75) is 31.4 Å². The maximum absolute atomic E-state index is 12.6. The first-order chi connectivity index (χ1) is 14.6. The van der Waals surface area contributed by atoms with Crippen LogP contribution >= 0.6 is 23.4 Å². The zero-order chi connectivity index (χ0) is 20.9. The topological polar surface area (TPSA) is 71.3 Å². The summed E-state index contributed by atoms with van der Waals surface area (Å²) in [5, 5.41) is 12.1. The van der Waals surface area contributed by atoms with E-state index in [1.807, 2.05) is 43.3 Å². The Morgan fingerprint density at radius 3 is 2.77 bits per heavy atom. The average Bonchev–Trinajstić information content (AvgIpc) is 3.22. The van der Waals surface area contributed by atoms with Crippen molar-refractivity contribution in [3.05, 3.63) is 53.1 Å². The van der Waals surface area contributed by atoms with Gasteiger partial charge in [0.15, 0.2) is 0 Å². The SMILES string of the molecule is Cc1ccccc1-c1nnc(SCC(=O)Nc2cc(Cl)ccc2N2CCCCC2)o1. The van der Waals surface area contributed by atoms with Crippen LogP contribution < -0.4 is 10.2 Å². The minimum atomic E-state index is -0.142. The average molecular weight is 443 g/mol. The number of benzene rings is 2. The fourth-order valence-corrected chi connectivity index (χ4v) is 4.26. The number of anilines is 2. The minimum Gasteiger partial charge on any atom is -0.411 e. The van der Waals surface area contributed by atoms with Gasteiger partial charge in [-0.3, -0.25) is 4.79 Å². The number of hydrogen-bond donors (Lipinski definition) is 1. The molecule has 0 spiro atoms.